The Morgan fingerprint density at radius 2 is 1.95 bits per heavy atom. The highest BCUT2D eigenvalue weighted by Gasteiger charge is 2.71. The summed E-state index contributed by atoms with van der Waals surface area (Å²) >= 11 is 0. The minimum atomic E-state index is -0.763. The van der Waals surface area contributed by atoms with Crippen molar-refractivity contribution in [3.63, 3.8) is 0 Å². The summed E-state index contributed by atoms with van der Waals surface area (Å²) in [6.07, 6.45) is 6.12. The van der Waals surface area contributed by atoms with Gasteiger partial charge in [-0.2, -0.15) is 0 Å². The van der Waals surface area contributed by atoms with Gasteiger partial charge in [0, 0.05) is 24.0 Å². The lowest BCUT2D eigenvalue weighted by Gasteiger charge is -2.60. The molecule has 1 heterocycles. The zero-order valence-electron chi connectivity index (χ0n) is 12.9. The van der Waals surface area contributed by atoms with E-state index in [1.807, 2.05) is 0 Å². The highest BCUT2D eigenvalue weighted by atomic mass is 16.5. The van der Waals surface area contributed by atoms with Crippen molar-refractivity contribution in [3.8, 4) is 0 Å². The largest absolute Gasteiger partial charge is 0.377 e. The zero-order chi connectivity index (χ0) is 14.5. The van der Waals surface area contributed by atoms with Crippen molar-refractivity contribution in [2.45, 2.75) is 70.6 Å². The maximum Gasteiger partial charge on any atom is 0.241 e. The number of amides is 1. The molecule has 4 nitrogen and oxygen atoms in total. The number of carbonyl (C=O) groups excluding carboxylic acids is 1. The van der Waals surface area contributed by atoms with Gasteiger partial charge in [-0.05, 0) is 32.1 Å². The van der Waals surface area contributed by atoms with E-state index in [0.717, 1.165) is 13.0 Å². The third-order valence-corrected chi connectivity index (χ3v) is 6.30. The molecule has 3 unspecified atom stereocenters. The van der Waals surface area contributed by atoms with Gasteiger partial charge in [-0.25, -0.2) is 0 Å². The monoisotopic (exact) mass is 280 g/mol. The quantitative estimate of drug-likeness (QED) is 0.829. The maximum absolute atomic E-state index is 12.8. The lowest BCUT2D eigenvalue weighted by Crippen LogP contribution is -2.80. The van der Waals surface area contributed by atoms with Gasteiger partial charge in [0.2, 0.25) is 5.91 Å². The highest BCUT2D eigenvalue weighted by molar-refractivity contribution is 5.89. The van der Waals surface area contributed by atoms with Crippen LogP contribution in [0, 0.1) is 17.3 Å². The Morgan fingerprint density at radius 1 is 1.30 bits per heavy atom. The van der Waals surface area contributed by atoms with Gasteiger partial charge in [-0.3, -0.25) is 4.79 Å². The number of hydrogen-bond donors (Lipinski definition) is 2. The maximum atomic E-state index is 12.8. The summed E-state index contributed by atoms with van der Waals surface area (Å²) in [5.74, 6) is 0.850. The smallest absolute Gasteiger partial charge is 0.241 e. The summed E-state index contributed by atoms with van der Waals surface area (Å²) in [7, 11) is 0. The molecular formula is C16H28N2O2. The molecule has 3 rings (SSSR count). The molecule has 3 aliphatic rings. The van der Waals surface area contributed by atoms with E-state index in [2.05, 4.69) is 26.1 Å². The van der Waals surface area contributed by atoms with Crippen LogP contribution in [0.5, 0.6) is 0 Å². The molecule has 4 atom stereocenters. The van der Waals surface area contributed by atoms with Crippen LogP contribution >= 0.6 is 0 Å². The molecule has 1 aliphatic heterocycles. The fourth-order valence-corrected chi connectivity index (χ4v) is 4.75. The van der Waals surface area contributed by atoms with Gasteiger partial charge in [0.25, 0.3) is 0 Å². The first-order chi connectivity index (χ1) is 9.39. The molecule has 0 aromatic heterocycles. The summed E-state index contributed by atoms with van der Waals surface area (Å²) < 4.78 is 5.76. The summed E-state index contributed by atoms with van der Waals surface area (Å²) in [6.45, 7) is 7.01. The van der Waals surface area contributed by atoms with E-state index in [-0.39, 0.29) is 29.4 Å². The van der Waals surface area contributed by atoms with Crippen LogP contribution in [0.1, 0.15) is 52.9 Å². The molecule has 2 saturated carbocycles. The van der Waals surface area contributed by atoms with Crippen LogP contribution in [0.3, 0.4) is 0 Å². The number of nitrogens with two attached hydrogens (primary N) is 1. The minimum absolute atomic E-state index is 0.0358. The topological polar surface area (TPSA) is 64.4 Å². The van der Waals surface area contributed by atoms with E-state index >= 15 is 0 Å². The van der Waals surface area contributed by atoms with Crippen LogP contribution in [-0.2, 0) is 9.53 Å². The zero-order valence-corrected chi connectivity index (χ0v) is 12.9. The summed E-state index contributed by atoms with van der Waals surface area (Å²) in [4.78, 5) is 12.8. The summed E-state index contributed by atoms with van der Waals surface area (Å²) in [5.41, 5.74) is 5.53. The molecule has 114 valence electrons. The first-order valence-electron chi connectivity index (χ1n) is 8.10. The van der Waals surface area contributed by atoms with Gasteiger partial charge in [0.05, 0.1) is 6.10 Å². The van der Waals surface area contributed by atoms with Gasteiger partial charge in [0.1, 0.15) is 5.54 Å². The Bertz CT molecular complexity index is 403. The molecule has 1 saturated heterocycles. The average molecular weight is 280 g/mol. The average Bonchev–Trinajstić information content (AvgIpc) is 3.07. The van der Waals surface area contributed by atoms with Crippen LogP contribution in [0.2, 0.25) is 0 Å². The minimum Gasteiger partial charge on any atom is -0.377 e. The van der Waals surface area contributed by atoms with Gasteiger partial charge in [0.15, 0.2) is 0 Å². The third-order valence-electron chi connectivity index (χ3n) is 6.30. The van der Waals surface area contributed by atoms with Crippen molar-refractivity contribution >= 4 is 5.91 Å². The Morgan fingerprint density at radius 3 is 2.60 bits per heavy atom. The van der Waals surface area contributed by atoms with Crippen LogP contribution in [0.4, 0.5) is 0 Å². The molecule has 2 aliphatic carbocycles. The fraction of sp³-hybridized carbons (Fsp3) is 0.938. The second kappa shape index (κ2) is 4.70. The molecule has 0 aromatic rings. The van der Waals surface area contributed by atoms with Crippen molar-refractivity contribution in [2.75, 3.05) is 6.61 Å². The number of hydrogen-bond acceptors (Lipinski definition) is 3. The second-order valence-corrected chi connectivity index (χ2v) is 7.58. The molecule has 4 heteroatoms. The van der Waals surface area contributed by atoms with Crippen LogP contribution in [-0.4, -0.2) is 30.2 Å². The van der Waals surface area contributed by atoms with Gasteiger partial charge >= 0.3 is 0 Å². The molecule has 0 radical (unpaired) electrons. The number of fused-ring (bicyclic) bond motifs is 1. The van der Waals surface area contributed by atoms with Crippen molar-refractivity contribution < 1.29 is 9.53 Å². The molecule has 0 spiro atoms. The first kappa shape index (κ1) is 14.3. The Labute approximate surface area is 121 Å². The van der Waals surface area contributed by atoms with Crippen molar-refractivity contribution in [1.82, 2.24) is 5.32 Å². The lowest BCUT2D eigenvalue weighted by molar-refractivity contribution is -0.176. The van der Waals surface area contributed by atoms with Crippen molar-refractivity contribution in [2.24, 2.45) is 23.0 Å². The van der Waals surface area contributed by atoms with Crippen LogP contribution in [0.15, 0.2) is 0 Å². The van der Waals surface area contributed by atoms with Crippen LogP contribution < -0.4 is 11.1 Å². The number of carbonyl (C=O) groups is 1. The second-order valence-electron chi connectivity index (χ2n) is 7.58. The van der Waals surface area contributed by atoms with E-state index in [9.17, 15) is 4.79 Å². The van der Waals surface area contributed by atoms with Crippen LogP contribution in [0.25, 0.3) is 0 Å². The Kier molecular flexibility index (Phi) is 3.37. The number of rotatable bonds is 3. The molecule has 1 amide bonds. The number of ether oxygens (including phenoxy) is 1. The standard InChI is InChI=1S/C16H28N2O2/c1-10(11-6-4-5-7-11)18-14(19)16(17)12-8-9-20-13(12)15(16,2)3/h10-13H,4-9,17H2,1-3H3,(H,18,19)/t10-,12?,13?,16?/m0/s1. The molecular weight excluding hydrogens is 252 g/mol. The van der Waals surface area contributed by atoms with E-state index in [1.54, 1.807) is 0 Å². The normalized spacial score (nSPS) is 41.0. The first-order valence-corrected chi connectivity index (χ1v) is 8.10. The summed E-state index contributed by atoms with van der Waals surface area (Å²) in [6, 6.07) is 0.239. The van der Waals surface area contributed by atoms with Crippen molar-refractivity contribution in [3.05, 3.63) is 0 Å². The molecule has 0 bridgehead atoms. The lowest BCUT2D eigenvalue weighted by atomic mass is 9.48. The molecule has 3 fully saturated rings. The third kappa shape index (κ3) is 1.77. The van der Waals surface area contributed by atoms with E-state index in [4.69, 9.17) is 10.5 Å². The Hall–Kier alpha value is -0.610. The molecule has 0 aromatic carbocycles. The van der Waals surface area contributed by atoms with E-state index in [0.29, 0.717) is 5.92 Å². The van der Waals surface area contributed by atoms with E-state index in [1.165, 1.54) is 25.7 Å². The van der Waals surface area contributed by atoms with Gasteiger partial charge < -0.3 is 15.8 Å². The Balaban J connectivity index is 1.69. The predicted octanol–water partition coefficient (Wildman–Crippen LogP) is 1.82. The fourth-order valence-electron chi connectivity index (χ4n) is 4.75. The van der Waals surface area contributed by atoms with E-state index < -0.39 is 5.54 Å². The summed E-state index contributed by atoms with van der Waals surface area (Å²) in [5, 5.41) is 3.21. The van der Waals surface area contributed by atoms with Gasteiger partial charge in [-0.15, -0.1) is 0 Å². The van der Waals surface area contributed by atoms with Crippen molar-refractivity contribution in [1.29, 1.82) is 0 Å². The predicted molar refractivity (Wildman–Crippen MR) is 78.1 cm³/mol. The molecule has 20 heavy (non-hydrogen) atoms. The molecule has 3 N–H and O–H groups in total. The number of nitrogens with one attached hydrogen (secondary N) is 1. The SMILES string of the molecule is C[C@H](NC(=O)C1(N)C2CCOC2C1(C)C)C1CCCC1. The van der Waals surface area contributed by atoms with Gasteiger partial charge in [-0.1, -0.05) is 26.7 Å². The highest BCUT2D eigenvalue weighted by Crippen LogP contribution is 2.58.